The summed E-state index contributed by atoms with van der Waals surface area (Å²) in [6, 6.07) is 10.9. The summed E-state index contributed by atoms with van der Waals surface area (Å²) in [5.41, 5.74) is 0.110. The van der Waals surface area contributed by atoms with Crippen molar-refractivity contribution in [3.05, 3.63) is 63.6 Å². The second kappa shape index (κ2) is 8.72. The highest BCUT2D eigenvalue weighted by molar-refractivity contribution is 6.31. The summed E-state index contributed by atoms with van der Waals surface area (Å²) >= 11 is 11.8. The lowest BCUT2D eigenvalue weighted by Crippen LogP contribution is -2.40. The highest BCUT2D eigenvalue weighted by Gasteiger charge is 2.34. The highest BCUT2D eigenvalue weighted by Crippen LogP contribution is 2.36. The molecular weight excluding hydrogens is 412 g/mol. The number of alkyl halides is 3. The fourth-order valence-corrected chi connectivity index (χ4v) is 3.77. The third-order valence-electron chi connectivity index (χ3n) is 4.77. The third kappa shape index (κ3) is 5.19. The first-order chi connectivity index (χ1) is 13.2. The van der Waals surface area contributed by atoms with Crippen molar-refractivity contribution < 1.29 is 18.0 Å². The number of hydrogen-bond donors (Lipinski definition) is 1. The van der Waals surface area contributed by atoms with Crippen LogP contribution in [0.3, 0.4) is 0 Å². The van der Waals surface area contributed by atoms with Crippen LogP contribution in [0.5, 0.6) is 0 Å². The molecule has 8 heteroatoms. The minimum atomic E-state index is -4.57. The molecule has 0 aliphatic carbocycles. The van der Waals surface area contributed by atoms with E-state index in [1.54, 1.807) is 0 Å². The van der Waals surface area contributed by atoms with E-state index >= 15 is 0 Å². The Labute approximate surface area is 171 Å². The number of rotatable bonds is 4. The molecule has 3 rings (SSSR count). The van der Waals surface area contributed by atoms with Crippen LogP contribution in [0.2, 0.25) is 10.0 Å². The van der Waals surface area contributed by atoms with E-state index in [0.717, 1.165) is 30.7 Å². The van der Waals surface area contributed by atoms with Crippen molar-refractivity contribution in [3.63, 3.8) is 0 Å². The molecule has 0 radical (unpaired) electrons. The van der Waals surface area contributed by atoms with E-state index in [0.29, 0.717) is 24.5 Å². The molecule has 0 spiro atoms. The molecule has 150 valence electrons. The zero-order chi connectivity index (χ0) is 20.3. The Morgan fingerprint density at radius 3 is 2.61 bits per heavy atom. The number of benzene rings is 2. The van der Waals surface area contributed by atoms with Gasteiger partial charge < -0.3 is 5.32 Å². The first kappa shape index (κ1) is 21.0. The van der Waals surface area contributed by atoms with Crippen molar-refractivity contribution in [2.45, 2.75) is 25.6 Å². The van der Waals surface area contributed by atoms with E-state index in [4.69, 9.17) is 23.2 Å². The van der Waals surface area contributed by atoms with Crippen molar-refractivity contribution in [1.82, 2.24) is 4.90 Å². The van der Waals surface area contributed by atoms with Crippen LogP contribution in [-0.4, -0.2) is 23.9 Å². The quantitative estimate of drug-likeness (QED) is 0.658. The molecule has 0 aromatic heterocycles. The molecule has 0 bridgehead atoms. The minimum absolute atomic E-state index is 0.0879. The van der Waals surface area contributed by atoms with Gasteiger partial charge in [0.15, 0.2) is 0 Å². The zero-order valence-electron chi connectivity index (χ0n) is 14.9. The minimum Gasteiger partial charge on any atom is -0.326 e. The van der Waals surface area contributed by atoms with Crippen LogP contribution in [0.15, 0.2) is 42.5 Å². The van der Waals surface area contributed by atoms with Crippen LogP contribution in [-0.2, 0) is 17.5 Å². The standard InChI is InChI=1S/C20H19Cl2F3N2O/c21-17-6-2-1-4-13(17)11-27-9-3-5-14(12-27)19(28)26-15-7-8-18(22)16(10-15)20(23,24)25/h1-2,4,6-8,10,14H,3,5,9,11-12H2,(H,26,28). The molecule has 1 atom stereocenters. The van der Waals surface area contributed by atoms with Crippen molar-refractivity contribution >= 4 is 34.8 Å². The fraction of sp³-hybridized carbons (Fsp3) is 0.350. The van der Waals surface area contributed by atoms with Crippen molar-refractivity contribution in [2.24, 2.45) is 5.92 Å². The average molecular weight is 431 g/mol. The number of halogens is 5. The SMILES string of the molecule is O=C(Nc1ccc(Cl)c(C(F)(F)F)c1)C1CCCN(Cc2ccccc2Cl)C1. The first-order valence-corrected chi connectivity index (χ1v) is 9.63. The van der Waals surface area contributed by atoms with Crippen LogP contribution >= 0.6 is 23.2 Å². The summed E-state index contributed by atoms with van der Waals surface area (Å²) in [6.45, 7) is 1.99. The van der Waals surface area contributed by atoms with Gasteiger partial charge in [-0.2, -0.15) is 13.2 Å². The fourth-order valence-electron chi connectivity index (χ4n) is 3.35. The van der Waals surface area contributed by atoms with E-state index in [-0.39, 0.29) is 17.5 Å². The predicted molar refractivity (Wildman–Crippen MR) is 105 cm³/mol. The molecule has 1 fully saturated rings. The second-order valence-electron chi connectivity index (χ2n) is 6.85. The smallest absolute Gasteiger partial charge is 0.326 e. The molecule has 1 amide bonds. The highest BCUT2D eigenvalue weighted by atomic mass is 35.5. The lowest BCUT2D eigenvalue weighted by Gasteiger charge is -2.32. The number of amides is 1. The number of carbonyl (C=O) groups is 1. The lowest BCUT2D eigenvalue weighted by molar-refractivity contribution is -0.137. The topological polar surface area (TPSA) is 32.3 Å². The van der Waals surface area contributed by atoms with Gasteiger partial charge in [0.25, 0.3) is 0 Å². The summed E-state index contributed by atoms with van der Waals surface area (Å²) < 4.78 is 39.0. The van der Waals surface area contributed by atoms with Gasteiger partial charge in [-0.25, -0.2) is 0 Å². The molecule has 2 aromatic rings. The maximum Gasteiger partial charge on any atom is 0.417 e. The summed E-state index contributed by atoms with van der Waals surface area (Å²) in [5, 5.41) is 2.88. The molecule has 1 aliphatic heterocycles. The number of likely N-dealkylation sites (tertiary alicyclic amines) is 1. The molecule has 3 nitrogen and oxygen atoms in total. The van der Waals surface area contributed by atoms with Crippen LogP contribution in [0.25, 0.3) is 0 Å². The van der Waals surface area contributed by atoms with Crippen molar-refractivity contribution in [2.75, 3.05) is 18.4 Å². The van der Waals surface area contributed by atoms with E-state index in [9.17, 15) is 18.0 Å². The third-order valence-corrected chi connectivity index (χ3v) is 5.47. The van der Waals surface area contributed by atoms with Gasteiger partial charge in [-0.05, 0) is 49.2 Å². The number of anilines is 1. The largest absolute Gasteiger partial charge is 0.417 e. The Kier molecular flexibility index (Phi) is 6.53. The molecular formula is C20H19Cl2F3N2O. The van der Waals surface area contributed by atoms with Crippen LogP contribution in [0.1, 0.15) is 24.0 Å². The van der Waals surface area contributed by atoms with Crippen LogP contribution in [0, 0.1) is 5.92 Å². The molecule has 1 heterocycles. The van der Waals surface area contributed by atoms with Gasteiger partial charge in [0, 0.05) is 23.8 Å². The van der Waals surface area contributed by atoms with Gasteiger partial charge in [-0.15, -0.1) is 0 Å². The van der Waals surface area contributed by atoms with E-state index < -0.39 is 16.8 Å². The van der Waals surface area contributed by atoms with E-state index in [1.165, 1.54) is 6.07 Å². The molecule has 2 aromatic carbocycles. The summed E-state index contributed by atoms with van der Waals surface area (Å²) in [7, 11) is 0. The molecule has 1 unspecified atom stereocenters. The summed E-state index contributed by atoms with van der Waals surface area (Å²) in [5.74, 6) is -0.597. The Morgan fingerprint density at radius 2 is 1.89 bits per heavy atom. The second-order valence-corrected chi connectivity index (χ2v) is 7.66. The van der Waals surface area contributed by atoms with E-state index in [2.05, 4.69) is 10.2 Å². The average Bonchev–Trinajstić information content (AvgIpc) is 2.64. The Balaban J connectivity index is 1.65. The van der Waals surface area contributed by atoms with Crippen molar-refractivity contribution in [1.29, 1.82) is 0 Å². The number of nitrogens with one attached hydrogen (secondary N) is 1. The van der Waals surface area contributed by atoms with Gasteiger partial charge in [-0.1, -0.05) is 41.4 Å². The van der Waals surface area contributed by atoms with Gasteiger partial charge >= 0.3 is 6.18 Å². The summed E-state index contributed by atoms with van der Waals surface area (Å²) in [4.78, 5) is 14.7. The van der Waals surface area contributed by atoms with E-state index in [1.807, 2.05) is 24.3 Å². The van der Waals surface area contributed by atoms with Crippen molar-refractivity contribution in [3.8, 4) is 0 Å². The summed E-state index contributed by atoms with van der Waals surface area (Å²) in [6.07, 6.45) is -3.06. The van der Waals surface area contributed by atoms with Gasteiger partial charge in [0.2, 0.25) is 5.91 Å². The predicted octanol–water partition coefficient (Wildman–Crippen LogP) is 5.86. The maximum atomic E-state index is 13.0. The van der Waals surface area contributed by atoms with Crippen LogP contribution < -0.4 is 5.32 Å². The number of piperidine rings is 1. The molecule has 0 saturated carbocycles. The first-order valence-electron chi connectivity index (χ1n) is 8.87. The number of nitrogens with zero attached hydrogens (tertiary/aromatic N) is 1. The van der Waals surface area contributed by atoms with Gasteiger partial charge in [0.05, 0.1) is 16.5 Å². The Hall–Kier alpha value is -1.76. The maximum absolute atomic E-state index is 13.0. The Bertz CT molecular complexity index is 858. The molecule has 1 aliphatic rings. The molecule has 1 N–H and O–H groups in total. The molecule has 28 heavy (non-hydrogen) atoms. The van der Waals surface area contributed by atoms with Gasteiger partial charge in [0.1, 0.15) is 0 Å². The molecule has 1 saturated heterocycles. The van der Waals surface area contributed by atoms with Crippen LogP contribution in [0.4, 0.5) is 18.9 Å². The zero-order valence-corrected chi connectivity index (χ0v) is 16.4. The normalized spacial score (nSPS) is 18.1. The Morgan fingerprint density at radius 1 is 1.14 bits per heavy atom. The van der Waals surface area contributed by atoms with Gasteiger partial charge in [-0.3, -0.25) is 9.69 Å². The number of carbonyl (C=O) groups excluding carboxylic acids is 1. The number of hydrogen-bond acceptors (Lipinski definition) is 2. The lowest BCUT2D eigenvalue weighted by atomic mass is 9.96. The monoisotopic (exact) mass is 430 g/mol.